The molecule has 172 valence electrons. The van der Waals surface area contributed by atoms with Gasteiger partial charge in [0.25, 0.3) is 0 Å². The van der Waals surface area contributed by atoms with Gasteiger partial charge in [0.2, 0.25) is 5.91 Å². The van der Waals surface area contributed by atoms with E-state index in [4.69, 9.17) is 15.5 Å². The van der Waals surface area contributed by atoms with E-state index in [0.717, 1.165) is 39.7 Å². The highest BCUT2D eigenvalue weighted by molar-refractivity contribution is 6.19. The molecule has 0 fully saturated rings. The fourth-order valence-corrected chi connectivity index (χ4v) is 4.62. The monoisotopic (exact) mass is 459 g/mol. The van der Waals surface area contributed by atoms with Gasteiger partial charge < -0.3 is 15.4 Å². The van der Waals surface area contributed by atoms with Gasteiger partial charge in [-0.15, -0.1) is 0 Å². The normalized spacial score (nSPS) is 15.9. The second kappa shape index (κ2) is 7.70. The molecule has 34 heavy (non-hydrogen) atoms. The lowest BCUT2D eigenvalue weighted by atomic mass is 9.98. The summed E-state index contributed by atoms with van der Waals surface area (Å²) < 4.78 is 22.0. The number of nitrogens with one attached hydrogen (secondary N) is 1. The number of allylic oxidation sites excluding steroid dienone is 1. The molecule has 3 aliphatic rings. The average Bonchev–Trinajstić information content (AvgIpc) is 3.57. The summed E-state index contributed by atoms with van der Waals surface area (Å²) in [6.45, 7) is 1.20. The van der Waals surface area contributed by atoms with E-state index in [2.05, 4.69) is 10.5 Å². The molecule has 1 aromatic heterocycles. The van der Waals surface area contributed by atoms with Gasteiger partial charge in [-0.1, -0.05) is 0 Å². The molecule has 9 nitrogen and oxygen atoms in total. The van der Waals surface area contributed by atoms with Crippen LogP contribution in [0.1, 0.15) is 27.0 Å². The van der Waals surface area contributed by atoms with E-state index in [0.29, 0.717) is 37.4 Å². The number of primary amides is 1. The maximum absolute atomic E-state index is 14.6. The summed E-state index contributed by atoms with van der Waals surface area (Å²) in [5.74, 6) is -0.0247. The third kappa shape index (κ3) is 3.22. The van der Waals surface area contributed by atoms with Crippen molar-refractivity contribution in [3.8, 4) is 5.75 Å². The van der Waals surface area contributed by atoms with E-state index in [1.165, 1.54) is 6.07 Å². The van der Waals surface area contributed by atoms with Gasteiger partial charge in [0.05, 0.1) is 35.6 Å². The molecule has 0 spiro atoms. The van der Waals surface area contributed by atoms with E-state index in [-0.39, 0.29) is 5.82 Å². The molecule has 3 N–H and O–H groups in total. The molecule has 0 radical (unpaired) electrons. The minimum absolute atomic E-state index is 0.261. The number of nitrogens with zero attached hydrogens (tertiary/aromatic N) is 5. The highest BCUT2D eigenvalue weighted by Gasteiger charge is 2.33. The minimum atomic E-state index is -0.504. The lowest BCUT2D eigenvalue weighted by Crippen LogP contribution is -2.38. The molecule has 2 aromatic carbocycles. The predicted octanol–water partition coefficient (Wildman–Crippen LogP) is 2.35. The molecule has 0 unspecified atom stereocenters. The van der Waals surface area contributed by atoms with Gasteiger partial charge in [-0.2, -0.15) is 5.10 Å². The van der Waals surface area contributed by atoms with Crippen LogP contribution in [0.3, 0.4) is 0 Å². The smallest absolute Gasteiger partial charge is 0.248 e. The molecule has 6 rings (SSSR count). The highest BCUT2D eigenvalue weighted by Crippen LogP contribution is 2.38. The first-order valence-electron chi connectivity index (χ1n) is 10.9. The van der Waals surface area contributed by atoms with Crippen LogP contribution in [0.4, 0.5) is 15.8 Å². The number of halogens is 1. The van der Waals surface area contributed by atoms with Gasteiger partial charge >= 0.3 is 0 Å². The topological polar surface area (TPSA) is 101 Å². The van der Waals surface area contributed by atoms with Crippen molar-refractivity contribution in [1.29, 1.82) is 0 Å². The van der Waals surface area contributed by atoms with Crippen molar-refractivity contribution >= 4 is 23.0 Å². The number of nitrogens with two attached hydrogens (primary N) is 1. The number of benzene rings is 2. The summed E-state index contributed by atoms with van der Waals surface area (Å²) in [6.07, 6.45) is 6.32. The van der Waals surface area contributed by atoms with Crippen molar-refractivity contribution in [3.05, 3.63) is 82.7 Å². The Morgan fingerprint density at radius 1 is 1.29 bits per heavy atom. The molecule has 3 aliphatic heterocycles. The fraction of sp³-hybridized carbons (Fsp3) is 0.208. The first kappa shape index (κ1) is 20.4. The number of aryl methyl sites for hydroxylation is 1. The van der Waals surface area contributed by atoms with Crippen LogP contribution in [0.2, 0.25) is 0 Å². The van der Waals surface area contributed by atoms with Crippen molar-refractivity contribution in [3.63, 3.8) is 0 Å². The molecule has 10 heteroatoms. The first-order valence-corrected chi connectivity index (χ1v) is 10.9. The van der Waals surface area contributed by atoms with Gasteiger partial charge in [0, 0.05) is 54.7 Å². The zero-order valence-electron chi connectivity index (χ0n) is 18.5. The predicted molar refractivity (Wildman–Crippen MR) is 124 cm³/mol. The van der Waals surface area contributed by atoms with E-state index in [1.807, 2.05) is 35.4 Å². The third-order valence-electron chi connectivity index (χ3n) is 6.31. The first-order chi connectivity index (χ1) is 16.5. The average molecular weight is 459 g/mol. The van der Waals surface area contributed by atoms with Crippen LogP contribution < -0.4 is 20.8 Å². The second-order valence-corrected chi connectivity index (χ2v) is 8.36. The van der Waals surface area contributed by atoms with Gasteiger partial charge in [0.15, 0.2) is 0 Å². The zero-order chi connectivity index (χ0) is 23.4. The summed E-state index contributed by atoms with van der Waals surface area (Å²) in [6, 6.07) is 8.45. The summed E-state index contributed by atoms with van der Waals surface area (Å²) in [7, 11) is 1.85. The number of carbonyl (C=O) groups is 1. The quantitative estimate of drug-likeness (QED) is 0.608. The fourth-order valence-electron chi connectivity index (χ4n) is 4.62. The number of rotatable bonds is 5. The summed E-state index contributed by atoms with van der Waals surface area (Å²) in [5.41, 5.74) is 14.8. The molecular formula is C24H22FN7O2. The third-order valence-corrected chi connectivity index (χ3v) is 6.31. The lowest BCUT2D eigenvalue weighted by molar-refractivity contribution is 0.100. The Balaban J connectivity index is 1.36. The number of hydrogen-bond acceptors (Lipinski definition) is 7. The van der Waals surface area contributed by atoms with Crippen molar-refractivity contribution in [2.45, 2.75) is 13.0 Å². The van der Waals surface area contributed by atoms with Crippen molar-refractivity contribution < 1.29 is 13.9 Å². The van der Waals surface area contributed by atoms with Crippen molar-refractivity contribution in [1.82, 2.24) is 20.2 Å². The Bertz CT molecular complexity index is 1390. The van der Waals surface area contributed by atoms with Gasteiger partial charge in [-0.05, 0) is 30.3 Å². The molecule has 4 heterocycles. The lowest BCUT2D eigenvalue weighted by Gasteiger charge is -2.31. The van der Waals surface area contributed by atoms with E-state index < -0.39 is 5.91 Å². The number of fused-ring (bicyclic) bond motifs is 4. The Hall–Kier alpha value is -4.18. The molecule has 1 amide bonds. The Morgan fingerprint density at radius 2 is 2.18 bits per heavy atom. The van der Waals surface area contributed by atoms with Crippen LogP contribution in [0.25, 0.3) is 0 Å². The number of anilines is 2. The number of aliphatic imine (C=N–C) groups is 1. The largest absolute Gasteiger partial charge is 0.493 e. The number of carbonyl (C=O) groups excluding carboxylic acids is 1. The van der Waals surface area contributed by atoms with Crippen LogP contribution in [0, 0.1) is 5.82 Å². The number of aromatic nitrogens is 2. The highest BCUT2D eigenvalue weighted by atomic mass is 19.1. The summed E-state index contributed by atoms with van der Waals surface area (Å²) in [4.78, 5) is 18.6. The summed E-state index contributed by atoms with van der Waals surface area (Å²) >= 11 is 0. The van der Waals surface area contributed by atoms with Gasteiger partial charge in [-0.3, -0.25) is 19.5 Å². The van der Waals surface area contributed by atoms with E-state index in [9.17, 15) is 9.18 Å². The van der Waals surface area contributed by atoms with Crippen LogP contribution >= 0.6 is 0 Å². The molecule has 0 saturated carbocycles. The second-order valence-electron chi connectivity index (χ2n) is 8.36. The Labute approximate surface area is 194 Å². The molecule has 0 saturated heterocycles. The van der Waals surface area contributed by atoms with Gasteiger partial charge in [0.1, 0.15) is 18.2 Å². The van der Waals surface area contributed by atoms with Crippen LogP contribution in [-0.4, -0.2) is 39.7 Å². The Kier molecular flexibility index (Phi) is 4.63. The molecule has 0 aliphatic carbocycles. The van der Waals surface area contributed by atoms with Crippen molar-refractivity contribution in [2.24, 2.45) is 17.8 Å². The molecular weight excluding hydrogens is 437 g/mol. The zero-order valence-corrected chi connectivity index (χ0v) is 18.5. The van der Waals surface area contributed by atoms with Crippen LogP contribution in [-0.2, 0) is 20.0 Å². The molecule has 3 aromatic rings. The number of ether oxygens (including phenoxy) is 1. The van der Waals surface area contributed by atoms with Gasteiger partial charge in [-0.25, -0.2) is 9.82 Å². The van der Waals surface area contributed by atoms with Crippen LogP contribution in [0.5, 0.6) is 5.75 Å². The standard InChI is InChI=1S/C24H22FN7O2/c1-30-11-15(9-28-30)31-12-21-23(17-8-14(24(26)33)2-4-20(17)31)27-13-32(21)29-10-18-16-6-7-34-22(16)5-3-19(18)25/h2-5,8-9,11-12,29H,6-7,10,13H2,1H3,(H2,26,33). The number of amides is 1. The maximum atomic E-state index is 14.6. The van der Waals surface area contributed by atoms with Crippen LogP contribution in [0.15, 0.2) is 59.6 Å². The Morgan fingerprint density at radius 3 is 2.97 bits per heavy atom. The molecule has 0 atom stereocenters. The maximum Gasteiger partial charge on any atom is 0.248 e. The van der Waals surface area contributed by atoms with Crippen molar-refractivity contribution in [2.75, 3.05) is 18.2 Å². The SMILES string of the molecule is Cn1cc(N2C=C3C(=NCN3NCc3c(F)ccc4c3CCO4)c3cc(C(N)=O)ccc32)cn1. The number of hydrogen-bond donors (Lipinski definition) is 2. The van der Waals surface area contributed by atoms with E-state index in [1.54, 1.807) is 29.1 Å². The molecule has 0 bridgehead atoms. The minimum Gasteiger partial charge on any atom is -0.493 e. The van der Waals surface area contributed by atoms with E-state index >= 15 is 0 Å². The number of hydrazine groups is 1. The summed E-state index contributed by atoms with van der Waals surface area (Å²) in [5, 5.41) is 6.17.